The Labute approximate surface area is 221 Å². The van der Waals surface area contributed by atoms with Crippen molar-refractivity contribution in [3.05, 3.63) is 94.6 Å². The molecule has 37 heavy (non-hydrogen) atoms. The van der Waals surface area contributed by atoms with E-state index in [1.54, 1.807) is 30.3 Å². The first-order valence-electron chi connectivity index (χ1n) is 11.9. The Bertz CT molecular complexity index is 1430. The van der Waals surface area contributed by atoms with Crippen molar-refractivity contribution in [1.82, 2.24) is 5.32 Å². The van der Waals surface area contributed by atoms with Gasteiger partial charge in [0.25, 0.3) is 17.7 Å². The largest absolute Gasteiger partial charge is 0.484 e. The van der Waals surface area contributed by atoms with Crippen LogP contribution in [0.1, 0.15) is 29.2 Å². The number of benzene rings is 3. The minimum atomic E-state index is -0.570. The number of ether oxygens (including phenoxy) is 1. The van der Waals surface area contributed by atoms with Gasteiger partial charge in [0.2, 0.25) is 0 Å². The zero-order valence-electron chi connectivity index (χ0n) is 20.8. The summed E-state index contributed by atoms with van der Waals surface area (Å²) in [6.45, 7) is 5.78. The molecule has 0 aliphatic carbocycles. The average Bonchev–Trinajstić information content (AvgIpc) is 2.88. The van der Waals surface area contributed by atoms with E-state index < -0.39 is 11.8 Å². The fourth-order valence-electron chi connectivity index (χ4n) is 3.93. The third kappa shape index (κ3) is 5.92. The van der Waals surface area contributed by atoms with Crippen LogP contribution < -0.4 is 20.3 Å². The Hall–Kier alpha value is -4.30. The van der Waals surface area contributed by atoms with Crippen LogP contribution in [-0.2, 0) is 20.8 Å². The van der Waals surface area contributed by atoms with Gasteiger partial charge in [-0.3, -0.25) is 24.6 Å². The molecule has 1 heterocycles. The molecular formula is C29H27N3O4S. The predicted octanol–water partition coefficient (Wildman–Crippen LogP) is 4.71. The zero-order chi connectivity index (χ0) is 26.5. The molecule has 7 nitrogen and oxygen atoms in total. The van der Waals surface area contributed by atoms with Crippen LogP contribution in [0.2, 0.25) is 0 Å². The number of anilines is 2. The summed E-state index contributed by atoms with van der Waals surface area (Å²) in [6.07, 6.45) is 2.19. The first kappa shape index (κ1) is 25.8. The molecular weight excluding hydrogens is 486 g/mol. The van der Waals surface area contributed by atoms with Gasteiger partial charge in [-0.1, -0.05) is 43.3 Å². The molecule has 2 N–H and O–H groups in total. The number of nitrogens with zero attached hydrogens (tertiary/aromatic N) is 1. The van der Waals surface area contributed by atoms with Crippen molar-refractivity contribution in [3.63, 3.8) is 0 Å². The van der Waals surface area contributed by atoms with Gasteiger partial charge in [-0.05, 0) is 91.1 Å². The Balaban J connectivity index is 1.49. The van der Waals surface area contributed by atoms with Crippen molar-refractivity contribution in [1.29, 1.82) is 0 Å². The summed E-state index contributed by atoms with van der Waals surface area (Å²) in [5.41, 5.74) is 5.01. The molecule has 1 aliphatic heterocycles. The summed E-state index contributed by atoms with van der Waals surface area (Å²) < 4.78 is 5.66. The first-order chi connectivity index (χ1) is 17.8. The molecule has 1 aliphatic rings. The molecule has 0 saturated carbocycles. The molecule has 3 amide bonds. The summed E-state index contributed by atoms with van der Waals surface area (Å²) in [6, 6.07) is 20.0. The second-order valence-corrected chi connectivity index (χ2v) is 9.04. The van der Waals surface area contributed by atoms with E-state index in [0.717, 1.165) is 16.7 Å². The summed E-state index contributed by atoms with van der Waals surface area (Å²) in [7, 11) is 0. The van der Waals surface area contributed by atoms with E-state index in [4.69, 9.17) is 17.0 Å². The molecule has 8 heteroatoms. The van der Waals surface area contributed by atoms with Gasteiger partial charge in [0.15, 0.2) is 11.7 Å². The monoisotopic (exact) mass is 513 g/mol. The van der Waals surface area contributed by atoms with Gasteiger partial charge in [0.1, 0.15) is 11.3 Å². The van der Waals surface area contributed by atoms with Gasteiger partial charge in [0.05, 0.1) is 5.69 Å². The van der Waals surface area contributed by atoms with Crippen LogP contribution in [-0.4, -0.2) is 29.4 Å². The number of nitrogens with one attached hydrogen (secondary N) is 2. The van der Waals surface area contributed by atoms with Gasteiger partial charge in [-0.2, -0.15) is 0 Å². The van der Waals surface area contributed by atoms with Crippen molar-refractivity contribution < 1.29 is 19.1 Å². The van der Waals surface area contributed by atoms with Crippen molar-refractivity contribution in [2.45, 2.75) is 27.2 Å². The van der Waals surface area contributed by atoms with Crippen LogP contribution in [0.4, 0.5) is 11.4 Å². The van der Waals surface area contributed by atoms with Crippen molar-refractivity contribution in [2.75, 3.05) is 16.8 Å². The number of hydrogen-bond donors (Lipinski definition) is 2. The Morgan fingerprint density at radius 2 is 1.81 bits per heavy atom. The molecule has 0 radical (unpaired) electrons. The maximum absolute atomic E-state index is 13.4. The third-order valence-electron chi connectivity index (χ3n) is 6.04. The van der Waals surface area contributed by atoms with E-state index in [-0.39, 0.29) is 23.2 Å². The highest BCUT2D eigenvalue weighted by molar-refractivity contribution is 7.80. The van der Waals surface area contributed by atoms with Crippen LogP contribution in [0.3, 0.4) is 0 Å². The molecule has 0 spiro atoms. The molecule has 1 fully saturated rings. The molecule has 0 atom stereocenters. The SMILES string of the molecule is CCc1ccccc1N1C(=O)/C(=C/c2cccc(OCC(=O)Nc3ccc(C)c(C)c3)c2)C(=O)NC1=S. The number of aryl methyl sites for hydroxylation is 3. The molecule has 4 rings (SSSR count). The lowest BCUT2D eigenvalue weighted by Crippen LogP contribution is -2.54. The molecule has 188 valence electrons. The van der Waals surface area contributed by atoms with Gasteiger partial charge in [0, 0.05) is 5.69 Å². The highest BCUT2D eigenvalue weighted by atomic mass is 32.1. The maximum Gasteiger partial charge on any atom is 0.270 e. The van der Waals surface area contributed by atoms with Crippen LogP contribution in [0.25, 0.3) is 6.08 Å². The molecule has 0 unspecified atom stereocenters. The standard InChI is InChI=1S/C29H27N3O4S/c1-4-21-9-5-6-11-25(21)32-28(35)24(27(34)31-29(32)37)16-20-8-7-10-23(15-20)36-17-26(33)30-22-13-12-18(2)19(3)14-22/h5-16H,4,17H2,1-3H3,(H,30,33)(H,31,34,37)/b24-16+. The lowest BCUT2D eigenvalue weighted by Gasteiger charge is -2.30. The van der Waals surface area contributed by atoms with Crippen LogP contribution >= 0.6 is 12.2 Å². The Morgan fingerprint density at radius 3 is 2.57 bits per heavy atom. The van der Waals surface area contributed by atoms with Crippen LogP contribution in [0.5, 0.6) is 5.75 Å². The number of thiocarbonyl (C=S) groups is 1. The van der Waals surface area contributed by atoms with E-state index in [0.29, 0.717) is 29.1 Å². The number of carbonyl (C=O) groups is 3. The minimum absolute atomic E-state index is 0.0416. The minimum Gasteiger partial charge on any atom is -0.484 e. The number of para-hydroxylation sites is 1. The number of amides is 3. The van der Waals surface area contributed by atoms with Gasteiger partial charge < -0.3 is 10.1 Å². The second-order valence-electron chi connectivity index (χ2n) is 8.65. The second kappa shape index (κ2) is 11.2. The van der Waals surface area contributed by atoms with Crippen molar-refractivity contribution in [3.8, 4) is 5.75 Å². The lowest BCUT2D eigenvalue weighted by atomic mass is 10.0. The summed E-state index contributed by atoms with van der Waals surface area (Å²) in [5, 5.41) is 5.47. The fraction of sp³-hybridized carbons (Fsp3) is 0.172. The molecule has 0 aromatic heterocycles. The maximum atomic E-state index is 13.4. The molecule has 3 aromatic rings. The lowest BCUT2D eigenvalue weighted by molar-refractivity contribution is -0.122. The zero-order valence-corrected chi connectivity index (χ0v) is 21.6. The Morgan fingerprint density at radius 1 is 1.03 bits per heavy atom. The van der Waals surface area contributed by atoms with Crippen LogP contribution in [0, 0.1) is 13.8 Å². The Kier molecular flexibility index (Phi) is 7.79. The van der Waals surface area contributed by atoms with E-state index in [9.17, 15) is 14.4 Å². The summed E-state index contributed by atoms with van der Waals surface area (Å²) in [4.78, 5) is 39.7. The van der Waals surface area contributed by atoms with Crippen LogP contribution in [0.15, 0.2) is 72.3 Å². The summed E-state index contributed by atoms with van der Waals surface area (Å²) >= 11 is 5.32. The number of carbonyl (C=O) groups excluding carboxylic acids is 3. The smallest absolute Gasteiger partial charge is 0.270 e. The van der Waals surface area contributed by atoms with Crippen molar-refractivity contribution >= 4 is 52.5 Å². The molecule has 1 saturated heterocycles. The molecule has 0 bridgehead atoms. The third-order valence-corrected chi connectivity index (χ3v) is 6.33. The van der Waals surface area contributed by atoms with Crippen molar-refractivity contribution in [2.24, 2.45) is 0 Å². The van der Waals surface area contributed by atoms with E-state index in [1.807, 2.05) is 57.2 Å². The quantitative estimate of drug-likeness (QED) is 0.271. The van der Waals surface area contributed by atoms with E-state index in [1.165, 1.54) is 11.0 Å². The topological polar surface area (TPSA) is 87.7 Å². The highest BCUT2D eigenvalue weighted by Crippen LogP contribution is 2.26. The first-order valence-corrected chi connectivity index (χ1v) is 12.3. The average molecular weight is 514 g/mol. The number of rotatable bonds is 7. The van der Waals surface area contributed by atoms with Gasteiger partial charge in [-0.15, -0.1) is 0 Å². The van der Waals surface area contributed by atoms with Gasteiger partial charge in [-0.25, -0.2) is 0 Å². The van der Waals surface area contributed by atoms with E-state index >= 15 is 0 Å². The van der Waals surface area contributed by atoms with Gasteiger partial charge >= 0.3 is 0 Å². The molecule has 3 aromatic carbocycles. The number of hydrogen-bond acceptors (Lipinski definition) is 5. The summed E-state index contributed by atoms with van der Waals surface area (Å²) in [5.74, 6) is -0.947. The van der Waals surface area contributed by atoms with E-state index in [2.05, 4.69) is 10.6 Å². The fourth-order valence-corrected chi connectivity index (χ4v) is 4.20. The predicted molar refractivity (Wildman–Crippen MR) is 149 cm³/mol. The highest BCUT2D eigenvalue weighted by Gasteiger charge is 2.35. The normalized spacial score (nSPS) is 14.5.